The lowest BCUT2D eigenvalue weighted by molar-refractivity contribution is -0.117. The lowest BCUT2D eigenvalue weighted by Gasteiger charge is -2.26. The van der Waals surface area contributed by atoms with Crippen molar-refractivity contribution in [1.82, 2.24) is 0 Å². The Morgan fingerprint density at radius 1 is 1.07 bits per heavy atom. The molecule has 2 heterocycles. The van der Waals surface area contributed by atoms with Gasteiger partial charge in [-0.15, -0.1) is 0 Å². The summed E-state index contributed by atoms with van der Waals surface area (Å²) in [6.45, 7) is 0. The highest BCUT2D eigenvalue weighted by atomic mass is 32.2. The highest BCUT2D eigenvalue weighted by Gasteiger charge is 2.50. The number of amides is 1. The van der Waals surface area contributed by atoms with Crippen molar-refractivity contribution in [2.75, 3.05) is 30.6 Å². The third-order valence-corrected chi connectivity index (χ3v) is 8.38. The molecule has 0 unspecified atom stereocenters. The number of methoxy groups -OCH3 is 2. The normalized spacial score (nSPS) is 23.4. The van der Waals surface area contributed by atoms with Crippen molar-refractivity contribution in [2.24, 2.45) is 4.99 Å². The molecule has 1 amide bonds. The van der Waals surface area contributed by atoms with E-state index in [4.69, 9.17) is 9.47 Å². The average molecular weight is 447 g/mol. The number of para-hydroxylation sites is 3. The molecule has 0 aliphatic carbocycles. The van der Waals surface area contributed by atoms with Gasteiger partial charge in [0.1, 0.15) is 11.5 Å². The SMILES string of the molecule is COc1ccccc1CC(=O)N=C1S[C@H]2CS(=O)(=O)C[C@@H]2N1c1ccccc1OC. The Balaban J connectivity index is 1.68. The van der Waals surface area contributed by atoms with E-state index in [-0.39, 0.29) is 35.1 Å². The summed E-state index contributed by atoms with van der Waals surface area (Å²) in [7, 11) is -0.00859. The van der Waals surface area contributed by atoms with Crippen LogP contribution >= 0.6 is 11.8 Å². The number of carbonyl (C=O) groups is 1. The van der Waals surface area contributed by atoms with E-state index in [2.05, 4.69) is 4.99 Å². The summed E-state index contributed by atoms with van der Waals surface area (Å²) >= 11 is 1.34. The number of aliphatic imine (C=N–C) groups is 1. The first-order chi connectivity index (χ1) is 14.4. The van der Waals surface area contributed by atoms with E-state index in [0.29, 0.717) is 22.4 Å². The third-order valence-electron chi connectivity index (χ3n) is 5.17. The topological polar surface area (TPSA) is 85.3 Å². The molecule has 0 radical (unpaired) electrons. The molecule has 2 atom stereocenters. The Morgan fingerprint density at radius 3 is 2.47 bits per heavy atom. The number of hydrogen-bond donors (Lipinski definition) is 0. The van der Waals surface area contributed by atoms with E-state index in [9.17, 15) is 13.2 Å². The number of sulfone groups is 1. The minimum absolute atomic E-state index is 0.0302. The molecule has 2 aromatic rings. The number of ether oxygens (including phenoxy) is 2. The van der Waals surface area contributed by atoms with Gasteiger partial charge in [-0.1, -0.05) is 42.1 Å². The molecule has 0 spiro atoms. The maximum Gasteiger partial charge on any atom is 0.252 e. The van der Waals surface area contributed by atoms with Gasteiger partial charge in [0.05, 0.1) is 43.9 Å². The first kappa shape index (κ1) is 20.7. The van der Waals surface area contributed by atoms with Crippen molar-refractivity contribution in [3.8, 4) is 11.5 Å². The van der Waals surface area contributed by atoms with Crippen molar-refractivity contribution in [3.05, 3.63) is 54.1 Å². The number of hydrogen-bond acceptors (Lipinski definition) is 6. The van der Waals surface area contributed by atoms with Crippen LogP contribution in [0.25, 0.3) is 0 Å². The van der Waals surface area contributed by atoms with Crippen molar-refractivity contribution in [2.45, 2.75) is 17.7 Å². The predicted molar refractivity (Wildman–Crippen MR) is 118 cm³/mol. The zero-order valence-electron chi connectivity index (χ0n) is 16.6. The van der Waals surface area contributed by atoms with Crippen LogP contribution in [0.15, 0.2) is 53.5 Å². The zero-order valence-corrected chi connectivity index (χ0v) is 18.3. The molecule has 30 heavy (non-hydrogen) atoms. The van der Waals surface area contributed by atoms with Crippen LogP contribution in [0.2, 0.25) is 0 Å². The molecule has 2 aliphatic heterocycles. The number of thioether (sulfide) groups is 1. The highest BCUT2D eigenvalue weighted by Crippen LogP contribution is 2.43. The minimum Gasteiger partial charge on any atom is -0.496 e. The number of nitrogens with zero attached hydrogens (tertiary/aromatic N) is 2. The summed E-state index contributed by atoms with van der Waals surface area (Å²) in [5.74, 6) is 1.03. The molecule has 0 saturated carbocycles. The van der Waals surface area contributed by atoms with Crippen LogP contribution in [0.1, 0.15) is 5.56 Å². The van der Waals surface area contributed by atoms with Gasteiger partial charge in [-0.2, -0.15) is 4.99 Å². The first-order valence-electron chi connectivity index (χ1n) is 9.44. The molecule has 7 nitrogen and oxygen atoms in total. The lowest BCUT2D eigenvalue weighted by Crippen LogP contribution is -2.38. The smallest absolute Gasteiger partial charge is 0.252 e. The average Bonchev–Trinajstić information content (AvgIpc) is 3.18. The fourth-order valence-electron chi connectivity index (χ4n) is 3.83. The maximum absolute atomic E-state index is 12.8. The molecule has 158 valence electrons. The van der Waals surface area contributed by atoms with Crippen LogP contribution in [-0.4, -0.2) is 56.5 Å². The summed E-state index contributed by atoms with van der Waals surface area (Å²) in [6, 6.07) is 14.4. The van der Waals surface area contributed by atoms with Crippen LogP contribution in [0.3, 0.4) is 0 Å². The summed E-state index contributed by atoms with van der Waals surface area (Å²) in [4.78, 5) is 19.0. The van der Waals surface area contributed by atoms with E-state index in [1.807, 2.05) is 47.4 Å². The maximum atomic E-state index is 12.8. The van der Waals surface area contributed by atoms with Crippen molar-refractivity contribution in [3.63, 3.8) is 0 Å². The second kappa shape index (κ2) is 8.31. The predicted octanol–water partition coefficient (Wildman–Crippen LogP) is 2.55. The second-order valence-corrected chi connectivity index (χ2v) is 10.5. The molecule has 0 N–H and O–H groups in total. The Labute approximate surface area is 180 Å². The summed E-state index contributed by atoms with van der Waals surface area (Å²) in [6.07, 6.45) is 0.0987. The highest BCUT2D eigenvalue weighted by molar-refractivity contribution is 8.16. The fraction of sp³-hybridized carbons (Fsp3) is 0.333. The van der Waals surface area contributed by atoms with Crippen LogP contribution in [0.4, 0.5) is 5.69 Å². The van der Waals surface area contributed by atoms with Gasteiger partial charge in [-0.25, -0.2) is 8.42 Å². The van der Waals surface area contributed by atoms with Crippen LogP contribution in [0, 0.1) is 0 Å². The Hall–Kier alpha value is -2.52. The van der Waals surface area contributed by atoms with E-state index < -0.39 is 9.84 Å². The van der Waals surface area contributed by atoms with E-state index in [1.54, 1.807) is 20.3 Å². The Bertz CT molecular complexity index is 1100. The summed E-state index contributed by atoms with van der Waals surface area (Å²) in [5.41, 5.74) is 1.46. The number of anilines is 1. The van der Waals surface area contributed by atoms with Crippen LogP contribution in [-0.2, 0) is 21.1 Å². The molecule has 2 saturated heterocycles. The molecular formula is C21H22N2O5S2. The van der Waals surface area contributed by atoms with E-state index >= 15 is 0 Å². The molecule has 9 heteroatoms. The number of rotatable bonds is 5. The first-order valence-corrected chi connectivity index (χ1v) is 12.1. The van der Waals surface area contributed by atoms with Gasteiger partial charge in [0.15, 0.2) is 15.0 Å². The van der Waals surface area contributed by atoms with Gasteiger partial charge >= 0.3 is 0 Å². The molecule has 2 aliphatic rings. The van der Waals surface area contributed by atoms with Crippen LogP contribution < -0.4 is 14.4 Å². The second-order valence-electron chi connectivity index (χ2n) is 7.12. The fourth-order valence-corrected chi connectivity index (χ4v) is 7.76. The molecule has 0 aromatic heterocycles. The zero-order chi connectivity index (χ0) is 21.3. The van der Waals surface area contributed by atoms with E-state index in [0.717, 1.165) is 5.56 Å². The van der Waals surface area contributed by atoms with Gasteiger partial charge in [0.2, 0.25) is 0 Å². The minimum atomic E-state index is -3.14. The third kappa shape index (κ3) is 4.04. The van der Waals surface area contributed by atoms with Crippen LogP contribution in [0.5, 0.6) is 11.5 Å². The monoisotopic (exact) mass is 446 g/mol. The number of benzene rings is 2. The van der Waals surface area contributed by atoms with E-state index in [1.165, 1.54) is 11.8 Å². The molecule has 2 aromatic carbocycles. The molecule has 4 rings (SSSR count). The van der Waals surface area contributed by atoms with Crippen molar-refractivity contribution >= 4 is 38.4 Å². The van der Waals surface area contributed by atoms with Gasteiger partial charge in [-0.05, 0) is 18.2 Å². The quantitative estimate of drug-likeness (QED) is 0.698. The standard InChI is InChI=1S/C21H22N2O5S2/c1-27-17-9-5-3-7-14(17)11-20(24)22-21-23(15-8-4-6-10-18(15)28-2)16-12-30(25,26)13-19(16)29-21/h3-10,16,19H,11-13H2,1-2H3/t16-,19-/m0/s1. The molecule has 2 fully saturated rings. The molecule has 0 bridgehead atoms. The Kier molecular flexibility index (Phi) is 5.75. The number of amidine groups is 1. The van der Waals surface area contributed by atoms with Crippen molar-refractivity contribution in [1.29, 1.82) is 0 Å². The largest absolute Gasteiger partial charge is 0.496 e. The van der Waals surface area contributed by atoms with Gasteiger partial charge < -0.3 is 14.4 Å². The van der Waals surface area contributed by atoms with Crippen molar-refractivity contribution < 1.29 is 22.7 Å². The summed E-state index contributed by atoms with van der Waals surface area (Å²) in [5, 5.41) is 0.335. The lowest BCUT2D eigenvalue weighted by atomic mass is 10.1. The van der Waals surface area contributed by atoms with Gasteiger partial charge in [0.25, 0.3) is 5.91 Å². The molecular weight excluding hydrogens is 424 g/mol. The van der Waals surface area contributed by atoms with Gasteiger partial charge in [0, 0.05) is 10.8 Å². The summed E-state index contributed by atoms with van der Waals surface area (Å²) < 4.78 is 35.2. The van der Waals surface area contributed by atoms with Gasteiger partial charge in [-0.3, -0.25) is 4.79 Å². The number of carbonyl (C=O) groups excluding carboxylic acids is 1. The Morgan fingerprint density at radius 2 is 1.73 bits per heavy atom. The number of fused-ring (bicyclic) bond motifs is 1.